The topological polar surface area (TPSA) is 75.4 Å². The molecule has 4 nitrogen and oxygen atoms in total. The summed E-state index contributed by atoms with van der Waals surface area (Å²) in [4.78, 5) is 12.1. The van der Waals surface area contributed by atoms with Gasteiger partial charge in [0.2, 0.25) is 5.91 Å². The third-order valence-electron chi connectivity index (χ3n) is 3.19. The highest BCUT2D eigenvalue weighted by molar-refractivity contribution is 5.82. The summed E-state index contributed by atoms with van der Waals surface area (Å²) in [6, 6.07) is 8.87. The number of aliphatic hydroxyl groups is 1. The quantitative estimate of drug-likeness (QED) is 0.726. The van der Waals surface area contributed by atoms with Crippen LogP contribution in [-0.2, 0) is 10.3 Å². The maximum atomic E-state index is 12.1. The van der Waals surface area contributed by atoms with Crippen molar-refractivity contribution < 1.29 is 9.90 Å². The number of benzene rings is 1. The molecule has 1 aromatic rings. The van der Waals surface area contributed by atoms with Gasteiger partial charge in [-0.05, 0) is 24.8 Å². The molecule has 0 saturated heterocycles. The van der Waals surface area contributed by atoms with E-state index in [4.69, 9.17) is 5.73 Å². The molecular formula is C15H24N2O2. The Labute approximate surface area is 115 Å². The third-order valence-corrected chi connectivity index (χ3v) is 3.19. The maximum absolute atomic E-state index is 12.1. The standard InChI is InChI=1S/C15H24N2O2/c1-11(2)9-13(16)14(19)17-15(3,10-18)12-7-5-4-6-8-12/h4-8,11,13,18H,9-10,16H2,1-3H3,(H,17,19)/t13-,15?/m1/s1. The summed E-state index contributed by atoms with van der Waals surface area (Å²) in [6.45, 7) is 5.67. The second-order valence-corrected chi connectivity index (χ2v) is 5.58. The highest BCUT2D eigenvalue weighted by Gasteiger charge is 2.29. The third kappa shape index (κ3) is 4.33. The highest BCUT2D eigenvalue weighted by atomic mass is 16.3. The Morgan fingerprint density at radius 1 is 1.37 bits per heavy atom. The van der Waals surface area contributed by atoms with E-state index in [9.17, 15) is 9.90 Å². The predicted octanol–water partition coefficient (Wildman–Crippen LogP) is 1.38. The minimum absolute atomic E-state index is 0.169. The fourth-order valence-electron chi connectivity index (χ4n) is 1.99. The second kappa shape index (κ2) is 6.68. The number of hydrogen-bond donors (Lipinski definition) is 3. The molecule has 0 aliphatic rings. The van der Waals surface area contributed by atoms with Crippen LogP contribution < -0.4 is 11.1 Å². The predicted molar refractivity (Wildman–Crippen MR) is 76.5 cm³/mol. The van der Waals surface area contributed by atoms with Crippen molar-refractivity contribution in [2.24, 2.45) is 11.7 Å². The largest absolute Gasteiger partial charge is 0.394 e. The molecule has 0 radical (unpaired) electrons. The van der Waals surface area contributed by atoms with Gasteiger partial charge in [-0.25, -0.2) is 0 Å². The molecular weight excluding hydrogens is 240 g/mol. The van der Waals surface area contributed by atoms with Gasteiger partial charge in [-0.15, -0.1) is 0 Å². The number of rotatable bonds is 6. The lowest BCUT2D eigenvalue weighted by molar-refractivity contribution is -0.125. The van der Waals surface area contributed by atoms with E-state index >= 15 is 0 Å². The summed E-state index contributed by atoms with van der Waals surface area (Å²) in [7, 11) is 0. The molecule has 0 bridgehead atoms. The van der Waals surface area contributed by atoms with E-state index in [0.717, 1.165) is 5.56 Å². The van der Waals surface area contributed by atoms with Gasteiger partial charge in [-0.1, -0.05) is 44.2 Å². The first-order valence-corrected chi connectivity index (χ1v) is 6.63. The number of nitrogens with one attached hydrogen (secondary N) is 1. The van der Waals surface area contributed by atoms with E-state index in [1.165, 1.54) is 0 Å². The van der Waals surface area contributed by atoms with E-state index in [0.29, 0.717) is 12.3 Å². The van der Waals surface area contributed by atoms with Crippen molar-refractivity contribution in [1.82, 2.24) is 5.32 Å². The Bertz CT molecular complexity index is 406. The van der Waals surface area contributed by atoms with E-state index in [2.05, 4.69) is 5.32 Å². The van der Waals surface area contributed by atoms with Crippen molar-refractivity contribution >= 4 is 5.91 Å². The molecule has 2 atom stereocenters. The van der Waals surface area contributed by atoms with Crippen LogP contribution in [0.15, 0.2) is 30.3 Å². The number of carbonyl (C=O) groups excluding carboxylic acids is 1. The zero-order valence-electron chi connectivity index (χ0n) is 11.9. The SMILES string of the molecule is CC(C)C[C@@H](N)C(=O)NC(C)(CO)c1ccccc1. The molecule has 4 heteroatoms. The van der Waals surface area contributed by atoms with Crippen molar-refractivity contribution in [2.45, 2.75) is 38.8 Å². The first kappa shape index (κ1) is 15.7. The minimum Gasteiger partial charge on any atom is -0.394 e. The van der Waals surface area contributed by atoms with Gasteiger partial charge in [-0.2, -0.15) is 0 Å². The average Bonchev–Trinajstić information content (AvgIpc) is 2.38. The fourth-order valence-corrected chi connectivity index (χ4v) is 1.99. The molecule has 4 N–H and O–H groups in total. The summed E-state index contributed by atoms with van der Waals surface area (Å²) >= 11 is 0. The smallest absolute Gasteiger partial charge is 0.237 e. The summed E-state index contributed by atoms with van der Waals surface area (Å²) in [5.74, 6) is 0.131. The van der Waals surface area contributed by atoms with Crippen molar-refractivity contribution in [1.29, 1.82) is 0 Å². The summed E-state index contributed by atoms with van der Waals surface area (Å²) < 4.78 is 0. The molecule has 0 spiro atoms. The van der Waals surface area contributed by atoms with Crippen LogP contribution in [0.2, 0.25) is 0 Å². The van der Waals surface area contributed by atoms with E-state index in [1.54, 1.807) is 6.92 Å². The lowest BCUT2D eigenvalue weighted by atomic mass is 9.92. The number of aliphatic hydroxyl groups excluding tert-OH is 1. The van der Waals surface area contributed by atoms with E-state index in [1.807, 2.05) is 44.2 Å². The normalized spacial score (nSPS) is 15.9. The molecule has 106 valence electrons. The minimum atomic E-state index is -0.799. The molecule has 0 saturated carbocycles. The number of amides is 1. The Kier molecular flexibility index (Phi) is 5.51. The molecule has 1 amide bonds. The van der Waals surface area contributed by atoms with Gasteiger partial charge in [0.1, 0.15) is 0 Å². The van der Waals surface area contributed by atoms with E-state index in [-0.39, 0.29) is 12.5 Å². The van der Waals surface area contributed by atoms with Crippen molar-refractivity contribution in [3.05, 3.63) is 35.9 Å². The molecule has 0 heterocycles. The molecule has 0 aliphatic carbocycles. The Morgan fingerprint density at radius 3 is 2.42 bits per heavy atom. The first-order chi connectivity index (χ1) is 8.89. The molecule has 19 heavy (non-hydrogen) atoms. The van der Waals surface area contributed by atoms with Gasteiger partial charge in [0, 0.05) is 0 Å². The zero-order chi connectivity index (χ0) is 14.5. The van der Waals surface area contributed by atoms with Gasteiger partial charge in [0.15, 0.2) is 0 Å². The number of carbonyl (C=O) groups is 1. The van der Waals surface area contributed by atoms with Crippen LogP contribution in [0, 0.1) is 5.92 Å². The number of nitrogens with two attached hydrogens (primary N) is 1. The van der Waals surface area contributed by atoms with Crippen molar-refractivity contribution in [3.63, 3.8) is 0 Å². The van der Waals surface area contributed by atoms with Crippen LogP contribution in [0.1, 0.15) is 32.8 Å². The molecule has 0 aliphatic heterocycles. The van der Waals surface area contributed by atoms with Crippen LogP contribution in [-0.4, -0.2) is 23.7 Å². The van der Waals surface area contributed by atoms with Crippen LogP contribution in [0.5, 0.6) is 0 Å². The van der Waals surface area contributed by atoms with Crippen molar-refractivity contribution in [2.75, 3.05) is 6.61 Å². The maximum Gasteiger partial charge on any atom is 0.237 e. The summed E-state index contributed by atoms with van der Waals surface area (Å²) in [5, 5.41) is 12.4. The van der Waals surface area contributed by atoms with Gasteiger partial charge in [0.25, 0.3) is 0 Å². The van der Waals surface area contributed by atoms with Crippen LogP contribution >= 0.6 is 0 Å². The van der Waals surface area contributed by atoms with Gasteiger partial charge in [0.05, 0.1) is 18.2 Å². The van der Waals surface area contributed by atoms with Crippen LogP contribution in [0.3, 0.4) is 0 Å². The van der Waals surface area contributed by atoms with E-state index < -0.39 is 11.6 Å². The van der Waals surface area contributed by atoms with Gasteiger partial charge < -0.3 is 16.2 Å². The van der Waals surface area contributed by atoms with Gasteiger partial charge >= 0.3 is 0 Å². The number of hydrogen-bond acceptors (Lipinski definition) is 3. The van der Waals surface area contributed by atoms with Crippen LogP contribution in [0.25, 0.3) is 0 Å². The van der Waals surface area contributed by atoms with Crippen LogP contribution in [0.4, 0.5) is 0 Å². The first-order valence-electron chi connectivity index (χ1n) is 6.63. The fraction of sp³-hybridized carbons (Fsp3) is 0.533. The van der Waals surface area contributed by atoms with Gasteiger partial charge in [-0.3, -0.25) is 4.79 Å². The Balaban J connectivity index is 2.79. The second-order valence-electron chi connectivity index (χ2n) is 5.58. The average molecular weight is 264 g/mol. The zero-order valence-corrected chi connectivity index (χ0v) is 11.9. The molecule has 1 rings (SSSR count). The Hall–Kier alpha value is -1.39. The lowest BCUT2D eigenvalue weighted by Gasteiger charge is -2.31. The summed E-state index contributed by atoms with van der Waals surface area (Å²) in [5.41, 5.74) is 5.93. The molecule has 0 aromatic heterocycles. The lowest BCUT2D eigenvalue weighted by Crippen LogP contribution is -2.52. The monoisotopic (exact) mass is 264 g/mol. The highest BCUT2D eigenvalue weighted by Crippen LogP contribution is 2.20. The summed E-state index contributed by atoms with van der Waals surface area (Å²) in [6.07, 6.45) is 0.627. The Morgan fingerprint density at radius 2 is 1.95 bits per heavy atom. The van der Waals surface area contributed by atoms with Crippen molar-refractivity contribution in [3.8, 4) is 0 Å². The molecule has 1 aromatic carbocycles. The molecule has 0 fully saturated rings. The molecule has 1 unspecified atom stereocenters.